The molecule has 1 aliphatic carbocycles. The first-order valence-corrected chi connectivity index (χ1v) is 19.5. The molecule has 7 rings (SSSR count). The lowest BCUT2D eigenvalue weighted by Crippen LogP contribution is -2.28. The maximum Gasteiger partial charge on any atom is 0.232 e. The molecule has 0 spiro atoms. The lowest BCUT2D eigenvalue weighted by atomic mass is 9.68. The molecule has 1 aliphatic rings. The van der Waals surface area contributed by atoms with Crippen LogP contribution in [-0.4, -0.2) is 62.6 Å². The normalized spacial score (nSPS) is 13.8. The number of nitrogens with one attached hydrogen (secondary N) is 1. The van der Waals surface area contributed by atoms with Gasteiger partial charge in [0.15, 0.2) is 10.3 Å². The van der Waals surface area contributed by atoms with Crippen LogP contribution in [0, 0.1) is 0 Å². The number of aliphatic hydroxyl groups is 2. The second kappa shape index (κ2) is 16.2. The molecule has 8 nitrogen and oxygen atoms in total. The topological polar surface area (TPSA) is 110 Å². The molecule has 6 aromatic rings. The van der Waals surface area contributed by atoms with Crippen molar-refractivity contribution >= 4 is 35.2 Å². The molecule has 264 valence electrons. The largest absolute Gasteiger partial charge is 0.491 e. The highest BCUT2D eigenvalue weighted by atomic mass is 32.2. The molecule has 0 aliphatic heterocycles. The van der Waals surface area contributed by atoms with E-state index in [1.807, 2.05) is 67.8 Å². The van der Waals surface area contributed by atoms with Crippen LogP contribution in [0.4, 0.5) is 11.6 Å². The third kappa shape index (κ3) is 7.52. The third-order valence-corrected chi connectivity index (χ3v) is 10.6. The number of anilines is 2. The van der Waals surface area contributed by atoms with Crippen molar-refractivity contribution in [1.29, 1.82) is 0 Å². The number of rotatable bonds is 15. The van der Waals surface area contributed by atoms with Gasteiger partial charge in [-0.15, -0.1) is 0 Å². The molecule has 2 unspecified atom stereocenters. The molecule has 0 bridgehead atoms. The Kier molecular flexibility index (Phi) is 11.1. The zero-order valence-electron chi connectivity index (χ0n) is 29.0. The van der Waals surface area contributed by atoms with Gasteiger partial charge in [0.25, 0.3) is 0 Å². The molecule has 1 heterocycles. The van der Waals surface area contributed by atoms with Crippen molar-refractivity contribution in [3.05, 3.63) is 150 Å². The second-order valence-corrected chi connectivity index (χ2v) is 14.2. The molecule has 0 radical (unpaired) electrons. The number of fused-ring (bicyclic) bond motifs is 3. The molecule has 1 aromatic heterocycles. The van der Waals surface area contributed by atoms with Crippen LogP contribution in [0.25, 0.3) is 11.1 Å². The van der Waals surface area contributed by atoms with Crippen molar-refractivity contribution in [2.75, 3.05) is 30.5 Å². The van der Waals surface area contributed by atoms with Gasteiger partial charge in [-0.2, -0.15) is 15.0 Å². The predicted octanol–water partition coefficient (Wildman–Crippen LogP) is 8.38. The number of benzene rings is 5. The SMILES string of the molecule is CCC(O)COc1ccc(C2(c3ccc(OCC(O)CSc4nc(Nc5ccccc5)nc(SC)n4)cc3)c3ccccc3-c3ccccc32)cc1. The molecule has 2 atom stereocenters. The number of aromatic nitrogens is 3. The Balaban J connectivity index is 1.09. The summed E-state index contributed by atoms with van der Waals surface area (Å²) in [5.41, 5.74) is 7.34. The highest BCUT2D eigenvalue weighted by molar-refractivity contribution is 7.99. The average molecular weight is 729 g/mol. The zero-order valence-corrected chi connectivity index (χ0v) is 30.6. The Bertz CT molecular complexity index is 2050. The number of hydrogen-bond donors (Lipinski definition) is 3. The van der Waals surface area contributed by atoms with Crippen LogP contribution in [0.15, 0.2) is 138 Å². The van der Waals surface area contributed by atoms with E-state index in [0.29, 0.717) is 34.2 Å². The standard InChI is InChI=1S/C42H40N4O4S2/c1-3-31(47)25-49-33-21-17-28(18-22-33)42(37-15-9-7-13-35(37)36-14-8-10-16-38(36)42)29-19-23-34(24-20-29)50-26-32(48)27-52-41-45-39(44-40(46-41)51-2)43-30-11-5-4-6-12-30/h4-24,31-32,47-48H,3,25-27H2,1-2H3,(H,43,44,45,46). The van der Waals surface area contributed by atoms with Gasteiger partial charge in [0, 0.05) is 11.4 Å². The average Bonchev–Trinajstić information content (AvgIpc) is 3.50. The van der Waals surface area contributed by atoms with Crippen molar-refractivity contribution < 1.29 is 19.7 Å². The molecule has 0 fully saturated rings. The minimum Gasteiger partial charge on any atom is -0.491 e. The van der Waals surface area contributed by atoms with E-state index in [4.69, 9.17) is 9.47 Å². The molecule has 0 amide bonds. The van der Waals surface area contributed by atoms with Crippen molar-refractivity contribution in [3.63, 3.8) is 0 Å². The van der Waals surface area contributed by atoms with Gasteiger partial charge < -0.3 is 25.0 Å². The fraction of sp³-hybridized carbons (Fsp3) is 0.214. The Morgan fingerprint density at radius 2 is 1.15 bits per heavy atom. The first-order valence-electron chi connectivity index (χ1n) is 17.2. The van der Waals surface area contributed by atoms with Crippen LogP contribution in [0.1, 0.15) is 35.6 Å². The minimum atomic E-state index is -0.746. The third-order valence-electron chi connectivity index (χ3n) is 9.09. The van der Waals surface area contributed by atoms with Crippen molar-refractivity contribution in [2.24, 2.45) is 0 Å². The van der Waals surface area contributed by atoms with Crippen LogP contribution in [0.3, 0.4) is 0 Å². The second-order valence-electron chi connectivity index (χ2n) is 12.5. The van der Waals surface area contributed by atoms with E-state index in [1.54, 1.807) is 0 Å². The lowest BCUT2D eigenvalue weighted by Gasteiger charge is -2.34. The lowest BCUT2D eigenvalue weighted by molar-refractivity contribution is 0.104. The molecule has 0 saturated carbocycles. The minimum absolute atomic E-state index is 0.118. The van der Waals surface area contributed by atoms with Crippen LogP contribution in [-0.2, 0) is 5.41 Å². The van der Waals surface area contributed by atoms with E-state index in [2.05, 4.69) is 93.1 Å². The van der Waals surface area contributed by atoms with Crippen molar-refractivity contribution in [1.82, 2.24) is 15.0 Å². The van der Waals surface area contributed by atoms with Crippen LogP contribution < -0.4 is 14.8 Å². The van der Waals surface area contributed by atoms with Gasteiger partial charge in [0.05, 0.1) is 17.6 Å². The van der Waals surface area contributed by atoms with Gasteiger partial charge in [-0.05, 0) is 82.5 Å². The van der Waals surface area contributed by atoms with Gasteiger partial charge in [-0.25, -0.2) is 0 Å². The van der Waals surface area contributed by atoms with Crippen LogP contribution >= 0.6 is 23.5 Å². The van der Waals surface area contributed by atoms with E-state index in [0.717, 1.165) is 22.6 Å². The Morgan fingerprint density at radius 1 is 0.635 bits per heavy atom. The van der Waals surface area contributed by atoms with E-state index >= 15 is 0 Å². The van der Waals surface area contributed by atoms with Crippen LogP contribution in [0.5, 0.6) is 11.5 Å². The highest BCUT2D eigenvalue weighted by Crippen LogP contribution is 2.56. The molecule has 10 heteroatoms. The number of hydrogen-bond acceptors (Lipinski definition) is 10. The summed E-state index contributed by atoms with van der Waals surface area (Å²) in [5.74, 6) is 2.20. The highest BCUT2D eigenvalue weighted by Gasteiger charge is 2.45. The Labute approximate surface area is 312 Å². The molecule has 52 heavy (non-hydrogen) atoms. The van der Waals surface area contributed by atoms with Gasteiger partial charge >= 0.3 is 0 Å². The van der Waals surface area contributed by atoms with Gasteiger partial charge in [0.2, 0.25) is 5.95 Å². The quantitative estimate of drug-likeness (QED) is 0.0891. The number of nitrogens with zero attached hydrogens (tertiary/aromatic N) is 3. The molecule has 0 saturated heterocycles. The Hall–Kier alpha value is -4.87. The first kappa shape index (κ1) is 35.5. The van der Waals surface area contributed by atoms with Gasteiger partial charge in [-0.1, -0.05) is 121 Å². The van der Waals surface area contributed by atoms with E-state index < -0.39 is 17.6 Å². The summed E-state index contributed by atoms with van der Waals surface area (Å²) in [4.78, 5) is 13.5. The molecular formula is C42H40N4O4S2. The van der Waals surface area contributed by atoms with Gasteiger partial charge in [0.1, 0.15) is 24.7 Å². The fourth-order valence-corrected chi connectivity index (χ4v) is 7.70. The van der Waals surface area contributed by atoms with E-state index in [1.165, 1.54) is 45.8 Å². The smallest absolute Gasteiger partial charge is 0.232 e. The van der Waals surface area contributed by atoms with E-state index in [-0.39, 0.29) is 13.2 Å². The summed E-state index contributed by atoms with van der Waals surface area (Å²) in [6, 6.07) is 43.3. The van der Waals surface area contributed by atoms with Crippen LogP contribution in [0.2, 0.25) is 0 Å². The summed E-state index contributed by atoms with van der Waals surface area (Å²) in [6.07, 6.45) is 1.31. The first-order chi connectivity index (χ1) is 25.5. The number of thioether (sulfide) groups is 2. The van der Waals surface area contributed by atoms with Crippen molar-refractivity contribution in [2.45, 2.75) is 41.3 Å². The molecule has 3 N–H and O–H groups in total. The Morgan fingerprint density at radius 3 is 1.71 bits per heavy atom. The summed E-state index contributed by atoms with van der Waals surface area (Å²) >= 11 is 2.80. The predicted molar refractivity (Wildman–Crippen MR) is 209 cm³/mol. The molecular weight excluding hydrogens is 689 g/mol. The number of aliphatic hydroxyl groups excluding tert-OH is 2. The summed E-state index contributed by atoms with van der Waals surface area (Å²) in [7, 11) is 0. The summed E-state index contributed by atoms with van der Waals surface area (Å²) in [6.45, 7) is 2.31. The van der Waals surface area contributed by atoms with E-state index in [9.17, 15) is 10.2 Å². The number of para-hydroxylation sites is 1. The number of ether oxygens (including phenoxy) is 2. The summed E-state index contributed by atoms with van der Waals surface area (Å²) in [5, 5.41) is 25.3. The fourth-order valence-electron chi connectivity index (χ4n) is 6.55. The summed E-state index contributed by atoms with van der Waals surface area (Å²) < 4.78 is 12.0. The van der Waals surface area contributed by atoms with Gasteiger partial charge in [-0.3, -0.25) is 0 Å². The van der Waals surface area contributed by atoms with Crippen molar-refractivity contribution in [3.8, 4) is 22.6 Å². The molecule has 5 aromatic carbocycles. The zero-order chi connectivity index (χ0) is 35.9. The maximum atomic E-state index is 10.9. The maximum absolute atomic E-state index is 10.9. The monoisotopic (exact) mass is 728 g/mol.